The summed E-state index contributed by atoms with van der Waals surface area (Å²) in [5.74, 6) is -0.474. The molecule has 2 N–H and O–H groups in total. The van der Waals surface area contributed by atoms with Gasteiger partial charge in [0, 0.05) is 15.5 Å². The van der Waals surface area contributed by atoms with Gasteiger partial charge in [-0.1, -0.05) is 28.1 Å². The van der Waals surface area contributed by atoms with Crippen molar-refractivity contribution in [2.75, 3.05) is 0 Å². The summed E-state index contributed by atoms with van der Waals surface area (Å²) in [7, 11) is 0. The standard InChI is InChI=1S/C16H14BrFN2O2/c17-11-8-9-2-1-3-10(18)12(9)15(11)4-6-16(7-5-15)13(21)19-14(22)20-16/h1-3,8H,4-7H2,(H2,19,20,21,22). The van der Waals surface area contributed by atoms with Crippen LogP contribution in [0, 0.1) is 5.82 Å². The zero-order chi connectivity index (χ0) is 15.5. The fourth-order valence-corrected chi connectivity index (χ4v) is 4.87. The fraction of sp³-hybridized carbons (Fsp3) is 0.375. The van der Waals surface area contributed by atoms with Crippen LogP contribution in [-0.2, 0) is 10.2 Å². The molecular weight excluding hydrogens is 351 g/mol. The van der Waals surface area contributed by atoms with Crippen LogP contribution in [-0.4, -0.2) is 17.5 Å². The molecule has 1 saturated carbocycles. The highest BCUT2D eigenvalue weighted by Gasteiger charge is 2.54. The van der Waals surface area contributed by atoms with Crippen LogP contribution in [0.3, 0.4) is 0 Å². The maximum atomic E-state index is 14.4. The van der Waals surface area contributed by atoms with Gasteiger partial charge in [0.15, 0.2) is 0 Å². The number of amides is 3. The van der Waals surface area contributed by atoms with Crippen LogP contribution in [0.2, 0.25) is 0 Å². The van der Waals surface area contributed by atoms with Crippen LogP contribution >= 0.6 is 15.9 Å². The first-order chi connectivity index (χ1) is 10.5. The van der Waals surface area contributed by atoms with Crippen molar-refractivity contribution in [3.05, 3.63) is 39.6 Å². The lowest BCUT2D eigenvalue weighted by atomic mass is 9.65. The second-order valence-electron chi connectivity index (χ2n) is 6.27. The predicted octanol–water partition coefficient (Wildman–Crippen LogP) is 2.97. The summed E-state index contributed by atoms with van der Waals surface area (Å²) in [5, 5.41) is 5.06. The Kier molecular flexibility index (Phi) is 2.79. The number of urea groups is 1. The average molecular weight is 365 g/mol. The van der Waals surface area contributed by atoms with E-state index >= 15 is 0 Å². The average Bonchev–Trinajstić information content (AvgIpc) is 2.90. The number of rotatable bonds is 0. The van der Waals surface area contributed by atoms with E-state index in [0.717, 1.165) is 10.0 Å². The topological polar surface area (TPSA) is 58.2 Å². The van der Waals surface area contributed by atoms with E-state index in [9.17, 15) is 14.0 Å². The summed E-state index contributed by atoms with van der Waals surface area (Å²) in [6.45, 7) is 0. The minimum absolute atomic E-state index is 0.209. The van der Waals surface area contributed by atoms with Gasteiger partial charge >= 0.3 is 6.03 Å². The fourth-order valence-electron chi connectivity index (χ4n) is 4.03. The molecule has 2 fully saturated rings. The third-order valence-corrected chi connectivity index (χ3v) is 6.22. The minimum Gasteiger partial charge on any atom is -0.323 e. The first-order valence-electron chi connectivity index (χ1n) is 7.27. The van der Waals surface area contributed by atoms with E-state index in [0.29, 0.717) is 31.2 Å². The minimum atomic E-state index is -0.830. The first kappa shape index (κ1) is 13.9. The van der Waals surface area contributed by atoms with Gasteiger partial charge in [0.2, 0.25) is 0 Å². The predicted molar refractivity (Wildman–Crippen MR) is 82.9 cm³/mol. The number of nitrogens with one attached hydrogen (secondary N) is 2. The summed E-state index contributed by atoms with van der Waals surface area (Å²) in [5.41, 5.74) is 0.354. The maximum Gasteiger partial charge on any atom is 0.322 e. The van der Waals surface area contributed by atoms with Crippen LogP contribution in [0.15, 0.2) is 22.7 Å². The number of benzene rings is 1. The van der Waals surface area contributed by atoms with Crippen LogP contribution in [0.25, 0.3) is 6.08 Å². The zero-order valence-electron chi connectivity index (χ0n) is 11.7. The zero-order valence-corrected chi connectivity index (χ0v) is 13.3. The molecule has 0 aromatic heterocycles. The lowest BCUT2D eigenvalue weighted by Crippen LogP contribution is -2.52. The highest BCUT2D eigenvalue weighted by molar-refractivity contribution is 9.11. The van der Waals surface area contributed by atoms with E-state index in [1.54, 1.807) is 6.07 Å². The van der Waals surface area contributed by atoms with Crippen molar-refractivity contribution < 1.29 is 14.0 Å². The quantitative estimate of drug-likeness (QED) is 0.695. The van der Waals surface area contributed by atoms with Crippen molar-refractivity contribution in [1.82, 2.24) is 10.6 Å². The molecule has 2 spiro atoms. The van der Waals surface area contributed by atoms with Gasteiger partial charge < -0.3 is 5.32 Å². The summed E-state index contributed by atoms with van der Waals surface area (Å²) >= 11 is 3.60. The second kappa shape index (κ2) is 4.41. The van der Waals surface area contributed by atoms with Crippen LogP contribution in [0.5, 0.6) is 0 Å². The Bertz CT molecular complexity index is 736. The summed E-state index contributed by atoms with van der Waals surface area (Å²) < 4.78 is 15.4. The van der Waals surface area contributed by atoms with Crippen molar-refractivity contribution >= 4 is 33.9 Å². The van der Waals surface area contributed by atoms with Gasteiger partial charge in [0.05, 0.1) is 0 Å². The number of halogens is 2. The summed E-state index contributed by atoms with van der Waals surface area (Å²) in [6, 6.07) is 4.66. The first-order valence-corrected chi connectivity index (χ1v) is 8.06. The smallest absolute Gasteiger partial charge is 0.322 e. The molecule has 0 atom stereocenters. The number of carbonyl (C=O) groups is 2. The largest absolute Gasteiger partial charge is 0.323 e. The van der Waals surface area contributed by atoms with Crippen molar-refractivity contribution in [2.24, 2.45) is 0 Å². The number of hydrogen-bond donors (Lipinski definition) is 2. The van der Waals surface area contributed by atoms with Crippen molar-refractivity contribution in [2.45, 2.75) is 36.6 Å². The molecule has 2 aliphatic carbocycles. The van der Waals surface area contributed by atoms with E-state index < -0.39 is 17.0 Å². The Balaban J connectivity index is 1.71. The molecule has 1 saturated heterocycles. The molecule has 6 heteroatoms. The molecule has 114 valence electrons. The second-order valence-corrected chi connectivity index (χ2v) is 7.12. The van der Waals surface area contributed by atoms with Gasteiger partial charge in [0.1, 0.15) is 11.4 Å². The van der Waals surface area contributed by atoms with E-state index in [1.165, 1.54) is 6.07 Å². The van der Waals surface area contributed by atoms with E-state index in [1.807, 2.05) is 12.1 Å². The number of imide groups is 1. The number of allylic oxidation sites excluding steroid dienone is 1. The van der Waals surface area contributed by atoms with Crippen LogP contribution in [0.1, 0.15) is 36.8 Å². The number of hydrogen-bond acceptors (Lipinski definition) is 2. The van der Waals surface area contributed by atoms with Gasteiger partial charge in [-0.05, 0) is 43.4 Å². The van der Waals surface area contributed by atoms with Crippen molar-refractivity contribution in [1.29, 1.82) is 0 Å². The molecule has 22 heavy (non-hydrogen) atoms. The molecule has 0 bridgehead atoms. The molecule has 1 heterocycles. The highest BCUT2D eigenvalue weighted by Crippen LogP contribution is 2.55. The van der Waals surface area contributed by atoms with Gasteiger partial charge in [-0.15, -0.1) is 0 Å². The Morgan fingerprint density at radius 2 is 1.86 bits per heavy atom. The third-order valence-electron chi connectivity index (χ3n) is 5.24. The summed E-state index contributed by atoms with van der Waals surface area (Å²) in [4.78, 5) is 23.5. The molecule has 0 unspecified atom stereocenters. The highest BCUT2D eigenvalue weighted by atomic mass is 79.9. The monoisotopic (exact) mass is 364 g/mol. The van der Waals surface area contributed by atoms with Crippen LogP contribution < -0.4 is 10.6 Å². The Hall–Kier alpha value is -1.69. The molecule has 1 aromatic rings. The maximum absolute atomic E-state index is 14.4. The Morgan fingerprint density at radius 1 is 1.14 bits per heavy atom. The third kappa shape index (κ3) is 1.67. The van der Waals surface area contributed by atoms with Gasteiger partial charge in [0.25, 0.3) is 5.91 Å². The molecule has 0 radical (unpaired) electrons. The molecule has 3 amide bonds. The van der Waals surface area contributed by atoms with E-state index in [4.69, 9.17) is 0 Å². The van der Waals surface area contributed by atoms with Gasteiger partial charge in [-0.3, -0.25) is 10.1 Å². The Morgan fingerprint density at radius 3 is 2.50 bits per heavy atom. The number of carbonyl (C=O) groups excluding carboxylic acids is 2. The SMILES string of the molecule is O=C1NC(=O)C2(CCC3(CC2)C(Br)=Cc2cccc(F)c23)N1. The molecular formula is C16H14BrFN2O2. The Labute approximate surface area is 135 Å². The molecule has 4 nitrogen and oxygen atoms in total. The number of fused-ring (bicyclic) bond motifs is 2. The molecule has 1 aliphatic heterocycles. The van der Waals surface area contributed by atoms with Crippen molar-refractivity contribution in [3.63, 3.8) is 0 Å². The van der Waals surface area contributed by atoms with Crippen molar-refractivity contribution in [3.8, 4) is 0 Å². The van der Waals surface area contributed by atoms with Gasteiger partial charge in [-0.2, -0.15) is 0 Å². The van der Waals surface area contributed by atoms with E-state index in [2.05, 4.69) is 26.6 Å². The lowest BCUT2D eigenvalue weighted by molar-refractivity contribution is -0.125. The lowest BCUT2D eigenvalue weighted by Gasteiger charge is -2.42. The molecule has 1 aromatic carbocycles. The van der Waals surface area contributed by atoms with E-state index in [-0.39, 0.29) is 11.7 Å². The van der Waals surface area contributed by atoms with Crippen LogP contribution in [0.4, 0.5) is 9.18 Å². The molecule has 4 rings (SSSR count). The normalized spacial score (nSPS) is 32.9. The summed E-state index contributed by atoms with van der Waals surface area (Å²) in [6.07, 6.45) is 4.20. The molecule has 3 aliphatic rings. The van der Waals surface area contributed by atoms with Gasteiger partial charge in [-0.25, -0.2) is 9.18 Å².